The SMILES string of the molecule is CN1C(=O)C2(OC2c2cccc(Cl)c2)c2ccccc21. The van der Waals surface area contributed by atoms with Crippen molar-refractivity contribution in [3.05, 3.63) is 64.7 Å². The van der Waals surface area contributed by atoms with Crippen LogP contribution in [0.15, 0.2) is 48.5 Å². The normalized spacial score (nSPS) is 27.0. The smallest absolute Gasteiger partial charge is 0.266 e. The second kappa shape index (κ2) is 3.84. The van der Waals surface area contributed by atoms with Crippen LogP contribution >= 0.6 is 11.6 Å². The van der Waals surface area contributed by atoms with Gasteiger partial charge in [-0.25, -0.2) is 0 Å². The molecule has 1 amide bonds. The van der Waals surface area contributed by atoms with Crippen molar-refractivity contribution >= 4 is 23.2 Å². The molecule has 2 heterocycles. The lowest BCUT2D eigenvalue weighted by molar-refractivity contribution is -0.122. The van der Waals surface area contributed by atoms with Crippen molar-refractivity contribution in [3.63, 3.8) is 0 Å². The highest BCUT2D eigenvalue weighted by molar-refractivity contribution is 6.30. The van der Waals surface area contributed by atoms with Crippen molar-refractivity contribution in [2.45, 2.75) is 11.7 Å². The number of fused-ring (bicyclic) bond motifs is 2. The van der Waals surface area contributed by atoms with E-state index in [-0.39, 0.29) is 12.0 Å². The number of halogens is 1. The van der Waals surface area contributed by atoms with Gasteiger partial charge in [0, 0.05) is 17.6 Å². The first kappa shape index (κ1) is 11.9. The number of hydrogen-bond acceptors (Lipinski definition) is 2. The highest BCUT2D eigenvalue weighted by atomic mass is 35.5. The molecule has 1 saturated heterocycles. The zero-order valence-electron chi connectivity index (χ0n) is 10.8. The van der Waals surface area contributed by atoms with Crippen molar-refractivity contribution in [2.75, 3.05) is 11.9 Å². The number of para-hydroxylation sites is 1. The minimum absolute atomic E-state index is 0.0105. The van der Waals surface area contributed by atoms with Gasteiger partial charge in [-0.3, -0.25) is 4.79 Å². The number of likely N-dealkylation sites (N-methyl/N-ethyl adjacent to an activating group) is 1. The first-order chi connectivity index (χ1) is 9.64. The molecule has 2 unspecified atom stereocenters. The Morgan fingerprint density at radius 3 is 2.80 bits per heavy atom. The maximum atomic E-state index is 12.6. The van der Waals surface area contributed by atoms with Crippen LogP contribution in [0.2, 0.25) is 5.02 Å². The number of amides is 1. The first-order valence-electron chi connectivity index (χ1n) is 6.45. The van der Waals surface area contributed by atoms with Crippen molar-refractivity contribution < 1.29 is 9.53 Å². The van der Waals surface area contributed by atoms with Crippen molar-refractivity contribution in [2.24, 2.45) is 0 Å². The molecule has 0 bridgehead atoms. The predicted molar refractivity (Wildman–Crippen MR) is 76.8 cm³/mol. The lowest BCUT2D eigenvalue weighted by Gasteiger charge is -2.08. The highest BCUT2D eigenvalue weighted by Crippen LogP contribution is 2.63. The quantitative estimate of drug-likeness (QED) is 0.753. The van der Waals surface area contributed by atoms with E-state index in [1.807, 2.05) is 48.5 Å². The van der Waals surface area contributed by atoms with Crippen LogP contribution in [0.1, 0.15) is 17.2 Å². The predicted octanol–water partition coefficient (Wildman–Crippen LogP) is 3.28. The standard InChI is InChI=1S/C16H12ClNO2/c1-18-13-8-3-2-7-12(13)16(15(18)19)14(20-16)10-5-4-6-11(17)9-10/h2-9,14H,1H3. The fourth-order valence-corrected chi connectivity index (χ4v) is 3.24. The molecule has 2 aliphatic heterocycles. The molecule has 2 aromatic rings. The topological polar surface area (TPSA) is 32.8 Å². The molecule has 3 nitrogen and oxygen atoms in total. The summed E-state index contributed by atoms with van der Waals surface area (Å²) < 4.78 is 5.87. The second-order valence-electron chi connectivity index (χ2n) is 5.17. The van der Waals surface area contributed by atoms with Crippen LogP contribution in [0.4, 0.5) is 5.69 Å². The van der Waals surface area contributed by atoms with Crippen LogP contribution in [0.25, 0.3) is 0 Å². The van der Waals surface area contributed by atoms with Gasteiger partial charge in [0.1, 0.15) is 6.10 Å². The molecule has 2 aromatic carbocycles. The van der Waals surface area contributed by atoms with E-state index in [9.17, 15) is 4.79 Å². The molecule has 2 atom stereocenters. The fraction of sp³-hybridized carbons (Fsp3) is 0.188. The van der Waals surface area contributed by atoms with Gasteiger partial charge in [0.15, 0.2) is 0 Å². The van der Waals surface area contributed by atoms with Gasteiger partial charge in [-0.15, -0.1) is 0 Å². The Morgan fingerprint density at radius 2 is 2.00 bits per heavy atom. The zero-order valence-corrected chi connectivity index (χ0v) is 11.6. The van der Waals surface area contributed by atoms with E-state index >= 15 is 0 Å². The molecule has 1 fully saturated rings. The van der Waals surface area contributed by atoms with Crippen LogP contribution in [0, 0.1) is 0 Å². The van der Waals surface area contributed by atoms with E-state index in [0.29, 0.717) is 5.02 Å². The monoisotopic (exact) mass is 285 g/mol. The van der Waals surface area contributed by atoms with Gasteiger partial charge in [0.2, 0.25) is 5.60 Å². The number of epoxide rings is 1. The largest absolute Gasteiger partial charge is 0.345 e. The van der Waals surface area contributed by atoms with Gasteiger partial charge in [0.25, 0.3) is 5.91 Å². The molecule has 20 heavy (non-hydrogen) atoms. The van der Waals surface area contributed by atoms with Crippen LogP contribution in [0.5, 0.6) is 0 Å². The fourth-order valence-electron chi connectivity index (χ4n) is 3.05. The summed E-state index contributed by atoms with van der Waals surface area (Å²) in [5, 5.41) is 0.653. The summed E-state index contributed by atoms with van der Waals surface area (Å²) in [6, 6.07) is 15.3. The molecule has 4 rings (SSSR count). The first-order valence-corrected chi connectivity index (χ1v) is 6.83. The van der Waals surface area contributed by atoms with Gasteiger partial charge in [-0.1, -0.05) is 41.9 Å². The van der Waals surface area contributed by atoms with Crippen LogP contribution in [-0.2, 0) is 15.1 Å². The van der Waals surface area contributed by atoms with E-state index in [2.05, 4.69) is 0 Å². The molecule has 0 saturated carbocycles. The summed E-state index contributed by atoms with van der Waals surface area (Å²) in [7, 11) is 1.78. The molecule has 0 aromatic heterocycles. The molecular formula is C16H12ClNO2. The number of rotatable bonds is 1. The minimum atomic E-state index is -0.851. The Hall–Kier alpha value is -1.84. The van der Waals surface area contributed by atoms with Crippen LogP contribution < -0.4 is 4.90 Å². The van der Waals surface area contributed by atoms with E-state index < -0.39 is 5.60 Å². The lowest BCUT2D eigenvalue weighted by Crippen LogP contribution is -2.29. The number of carbonyl (C=O) groups is 1. The number of hydrogen-bond donors (Lipinski definition) is 0. The Kier molecular flexibility index (Phi) is 2.29. The van der Waals surface area contributed by atoms with Gasteiger partial charge in [-0.05, 0) is 23.8 Å². The summed E-state index contributed by atoms with van der Waals surface area (Å²) in [4.78, 5) is 14.2. The highest BCUT2D eigenvalue weighted by Gasteiger charge is 2.69. The van der Waals surface area contributed by atoms with Crippen LogP contribution in [0.3, 0.4) is 0 Å². The number of carbonyl (C=O) groups excluding carboxylic acids is 1. The summed E-state index contributed by atoms with van der Waals surface area (Å²) in [6.07, 6.45) is -0.250. The molecule has 0 radical (unpaired) electrons. The third-order valence-corrected chi connectivity index (χ3v) is 4.29. The van der Waals surface area contributed by atoms with Crippen molar-refractivity contribution in [1.29, 1.82) is 0 Å². The van der Waals surface area contributed by atoms with E-state index in [1.165, 1.54) is 0 Å². The minimum Gasteiger partial charge on any atom is -0.345 e. The average Bonchev–Trinajstić information content (AvgIpc) is 3.18. The number of nitrogens with zero attached hydrogens (tertiary/aromatic N) is 1. The summed E-state index contributed by atoms with van der Waals surface area (Å²) in [5.41, 5.74) is 1.95. The maximum Gasteiger partial charge on any atom is 0.266 e. The van der Waals surface area contributed by atoms with E-state index in [4.69, 9.17) is 16.3 Å². The number of benzene rings is 2. The number of ether oxygens (including phenoxy) is 1. The van der Waals surface area contributed by atoms with E-state index in [1.54, 1.807) is 11.9 Å². The van der Waals surface area contributed by atoms with Crippen molar-refractivity contribution in [1.82, 2.24) is 0 Å². The summed E-state index contributed by atoms with van der Waals surface area (Å²) in [6.45, 7) is 0. The maximum absolute atomic E-state index is 12.6. The lowest BCUT2D eigenvalue weighted by atomic mass is 9.93. The summed E-state index contributed by atoms with van der Waals surface area (Å²) >= 11 is 6.03. The van der Waals surface area contributed by atoms with E-state index in [0.717, 1.165) is 16.8 Å². The van der Waals surface area contributed by atoms with Gasteiger partial charge >= 0.3 is 0 Å². The molecule has 4 heteroatoms. The Labute approximate surface area is 121 Å². The Bertz CT molecular complexity index is 730. The third kappa shape index (κ3) is 1.37. The molecule has 0 aliphatic carbocycles. The van der Waals surface area contributed by atoms with Crippen LogP contribution in [-0.4, -0.2) is 13.0 Å². The Morgan fingerprint density at radius 1 is 1.20 bits per heavy atom. The number of anilines is 1. The summed E-state index contributed by atoms with van der Waals surface area (Å²) in [5.74, 6) is -0.0105. The zero-order chi connectivity index (χ0) is 13.9. The van der Waals surface area contributed by atoms with Crippen molar-refractivity contribution in [3.8, 4) is 0 Å². The molecule has 100 valence electrons. The Balaban J connectivity index is 1.83. The van der Waals surface area contributed by atoms with Gasteiger partial charge < -0.3 is 9.64 Å². The molecule has 1 spiro atoms. The molecular weight excluding hydrogens is 274 g/mol. The second-order valence-corrected chi connectivity index (χ2v) is 5.61. The molecule has 2 aliphatic rings. The molecule has 0 N–H and O–H groups in total. The van der Waals surface area contributed by atoms with Gasteiger partial charge in [-0.2, -0.15) is 0 Å². The van der Waals surface area contributed by atoms with Gasteiger partial charge in [0.05, 0.1) is 5.69 Å². The average molecular weight is 286 g/mol. The third-order valence-electron chi connectivity index (χ3n) is 4.06.